The van der Waals surface area contributed by atoms with Crippen molar-refractivity contribution in [3.05, 3.63) is 78.8 Å². The predicted molar refractivity (Wildman–Crippen MR) is 110 cm³/mol. The molecule has 6 nitrogen and oxygen atoms in total. The molecule has 0 spiro atoms. The van der Waals surface area contributed by atoms with Crippen LogP contribution in [0.5, 0.6) is 0 Å². The van der Waals surface area contributed by atoms with Gasteiger partial charge in [0.2, 0.25) is 0 Å². The van der Waals surface area contributed by atoms with Crippen molar-refractivity contribution in [3.8, 4) is 0 Å². The number of hydrogen-bond donors (Lipinski definition) is 1. The molecule has 0 fully saturated rings. The van der Waals surface area contributed by atoms with Crippen LogP contribution in [0.15, 0.2) is 52.0 Å². The third-order valence-electron chi connectivity index (χ3n) is 4.22. The number of carbonyl (C=O) groups excluding carboxylic acids is 2. The molecule has 152 valence electrons. The molecule has 3 rings (SSSR count). The third kappa shape index (κ3) is 5.61. The van der Waals surface area contributed by atoms with Crippen molar-refractivity contribution in [2.75, 3.05) is 6.61 Å². The second-order valence-corrected chi connectivity index (χ2v) is 8.07. The number of ether oxygens (including phenoxy) is 1. The number of amides is 1. The molecule has 9 heteroatoms. The quantitative estimate of drug-likeness (QED) is 0.552. The summed E-state index contributed by atoms with van der Waals surface area (Å²) >= 11 is 2.53. The maximum Gasteiger partial charge on any atom is 0.308 e. The van der Waals surface area contributed by atoms with Gasteiger partial charge >= 0.3 is 10.8 Å². The molecule has 0 saturated carbocycles. The number of hydrogen-bond acceptors (Lipinski definition) is 6. The van der Waals surface area contributed by atoms with Gasteiger partial charge in [0.15, 0.2) is 6.61 Å². The van der Waals surface area contributed by atoms with Crippen LogP contribution in [0, 0.1) is 12.7 Å². The van der Waals surface area contributed by atoms with Gasteiger partial charge < -0.3 is 14.6 Å². The number of thiazole rings is 1. The lowest BCUT2D eigenvalue weighted by molar-refractivity contribution is -0.148. The average molecular weight is 435 g/mol. The first kappa shape index (κ1) is 20.9. The molecule has 0 aliphatic carbocycles. The van der Waals surface area contributed by atoms with Gasteiger partial charge in [0.05, 0.1) is 12.5 Å². The molecule has 0 radical (unpaired) electrons. The summed E-state index contributed by atoms with van der Waals surface area (Å²) in [5.41, 5.74) is 1.50. The molecule has 0 saturated heterocycles. The zero-order valence-corrected chi connectivity index (χ0v) is 17.2. The largest absolute Gasteiger partial charge is 0.456 e. The molecule has 1 N–H and O–H groups in total. The topological polar surface area (TPSA) is 77.4 Å². The minimum Gasteiger partial charge on any atom is -0.456 e. The molecule has 3 aromatic rings. The van der Waals surface area contributed by atoms with Crippen LogP contribution in [-0.4, -0.2) is 23.1 Å². The van der Waals surface area contributed by atoms with Crippen LogP contribution in [0.3, 0.4) is 0 Å². The fourth-order valence-corrected chi connectivity index (χ4v) is 4.29. The number of esters is 1. The Morgan fingerprint density at radius 2 is 1.97 bits per heavy atom. The van der Waals surface area contributed by atoms with Crippen molar-refractivity contribution >= 4 is 34.6 Å². The van der Waals surface area contributed by atoms with Gasteiger partial charge in [-0.25, -0.2) is 4.39 Å². The molecule has 1 unspecified atom stereocenters. The number of carbonyl (C=O) groups is 2. The number of nitrogens with zero attached hydrogens (tertiary/aromatic N) is 1. The number of thiophene rings is 1. The van der Waals surface area contributed by atoms with E-state index < -0.39 is 24.5 Å². The summed E-state index contributed by atoms with van der Waals surface area (Å²) < 4.78 is 19.8. The van der Waals surface area contributed by atoms with Crippen LogP contribution >= 0.6 is 22.7 Å². The minimum absolute atomic E-state index is 0.00290. The summed E-state index contributed by atoms with van der Waals surface area (Å²) in [4.78, 5) is 36.7. The number of halogens is 1. The molecule has 1 aromatic carbocycles. The Kier molecular flexibility index (Phi) is 6.95. The van der Waals surface area contributed by atoms with Gasteiger partial charge in [0.1, 0.15) is 5.82 Å². The standard InChI is InChI=1S/C20H19FN2O4S2/c1-13-12-29-20(26)23(13)9-8-18(25)27-11-17(24)22-19(16-3-2-10-28-16)14-4-6-15(21)7-5-14/h2-7,10,12,19H,8-9,11H2,1H3,(H,22,24). The Bertz CT molecular complexity index is 1030. The number of aryl methyl sites for hydroxylation is 1. The Labute approximate surface area is 174 Å². The normalized spacial score (nSPS) is 11.8. The van der Waals surface area contributed by atoms with Gasteiger partial charge in [-0.1, -0.05) is 29.5 Å². The van der Waals surface area contributed by atoms with Crippen LogP contribution in [0.1, 0.15) is 28.6 Å². The Hall–Kier alpha value is -2.78. The van der Waals surface area contributed by atoms with E-state index >= 15 is 0 Å². The van der Waals surface area contributed by atoms with E-state index in [-0.39, 0.29) is 23.7 Å². The molecule has 1 atom stereocenters. The number of rotatable bonds is 8. The summed E-state index contributed by atoms with van der Waals surface area (Å²) in [7, 11) is 0. The predicted octanol–water partition coefficient (Wildman–Crippen LogP) is 3.26. The third-order valence-corrected chi connectivity index (χ3v) is 6.03. The van der Waals surface area contributed by atoms with Gasteiger partial charge in [-0.3, -0.25) is 14.4 Å². The van der Waals surface area contributed by atoms with Gasteiger partial charge in [-0.05, 0) is 36.1 Å². The van der Waals surface area contributed by atoms with Crippen molar-refractivity contribution in [2.24, 2.45) is 0 Å². The molecular weight excluding hydrogens is 415 g/mol. The summed E-state index contributed by atoms with van der Waals surface area (Å²) in [5, 5.41) is 6.42. The van der Waals surface area contributed by atoms with E-state index in [1.807, 2.05) is 17.5 Å². The molecule has 0 aliphatic heterocycles. The van der Waals surface area contributed by atoms with Crippen molar-refractivity contribution in [1.82, 2.24) is 9.88 Å². The second kappa shape index (κ2) is 9.62. The Balaban J connectivity index is 1.55. The molecule has 0 aliphatic rings. The van der Waals surface area contributed by atoms with Crippen LogP contribution in [-0.2, 0) is 20.9 Å². The van der Waals surface area contributed by atoms with E-state index in [0.29, 0.717) is 0 Å². The van der Waals surface area contributed by atoms with E-state index in [0.717, 1.165) is 27.5 Å². The summed E-state index contributed by atoms with van der Waals surface area (Å²) in [6, 6.07) is 9.13. The summed E-state index contributed by atoms with van der Waals surface area (Å²) in [6.07, 6.45) is -0.00290. The average Bonchev–Trinajstić information content (AvgIpc) is 3.34. The lowest BCUT2D eigenvalue weighted by atomic mass is 10.1. The SMILES string of the molecule is Cc1csc(=O)n1CCC(=O)OCC(=O)NC(c1ccc(F)cc1)c1cccs1. The molecule has 2 heterocycles. The first-order valence-electron chi connectivity index (χ1n) is 8.83. The zero-order valence-electron chi connectivity index (χ0n) is 15.6. The van der Waals surface area contributed by atoms with E-state index in [4.69, 9.17) is 4.74 Å². The van der Waals surface area contributed by atoms with Gasteiger partial charge in [-0.2, -0.15) is 0 Å². The highest BCUT2D eigenvalue weighted by Crippen LogP contribution is 2.26. The zero-order chi connectivity index (χ0) is 20.8. The highest BCUT2D eigenvalue weighted by atomic mass is 32.1. The lowest BCUT2D eigenvalue weighted by Crippen LogP contribution is -2.33. The fourth-order valence-electron chi connectivity index (χ4n) is 2.73. The fraction of sp³-hybridized carbons (Fsp3) is 0.250. The van der Waals surface area contributed by atoms with Crippen LogP contribution < -0.4 is 10.2 Å². The Morgan fingerprint density at radius 1 is 1.21 bits per heavy atom. The monoisotopic (exact) mass is 434 g/mol. The first-order chi connectivity index (χ1) is 13.9. The van der Waals surface area contributed by atoms with E-state index in [2.05, 4.69) is 5.32 Å². The van der Waals surface area contributed by atoms with Crippen LogP contribution in [0.25, 0.3) is 0 Å². The molecular formula is C20H19FN2O4S2. The van der Waals surface area contributed by atoms with E-state index in [1.54, 1.807) is 24.4 Å². The van der Waals surface area contributed by atoms with Gasteiger partial charge in [0, 0.05) is 22.5 Å². The maximum absolute atomic E-state index is 13.2. The van der Waals surface area contributed by atoms with Gasteiger partial charge in [0.25, 0.3) is 5.91 Å². The number of nitrogens with one attached hydrogen (secondary N) is 1. The molecule has 0 bridgehead atoms. The van der Waals surface area contributed by atoms with Crippen LogP contribution in [0.4, 0.5) is 4.39 Å². The second-order valence-electron chi connectivity index (χ2n) is 6.27. The van der Waals surface area contributed by atoms with E-state index in [1.165, 1.54) is 28.0 Å². The van der Waals surface area contributed by atoms with Crippen molar-refractivity contribution in [3.63, 3.8) is 0 Å². The Morgan fingerprint density at radius 3 is 2.59 bits per heavy atom. The number of aromatic nitrogens is 1. The molecule has 1 amide bonds. The smallest absolute Gasteiger partial charge is 0.308 e. The van der Waals surface area contributed by atoms with Gasteiger partial charge in [-0.15, -0.1) is 11.3 Å². The van der Waals surface area contributed by atoms with Crippen molar-refractivity contribution in [2.45, 2.75) is 25.9 Å². The highest BCUT2D eigenvalue weighted by Gasteiger charge is 2.19. The van der Waals surface area contributed by atoms with E-state index in [9.17, 15) is 18.8 Å². The molecule has 2 aromatic heterocycles. The van der Waals surface area contributed by atoms with Crippen molar-refractivity contribution < 1.29 is 18.7 Å². The minimum atomic E-state index is -0.563. The van der Waals surface area contributed by atoms with Crippen LogP contribution in [0.2, 0.25) is 0 Å². The first-order valence-corrected chi connectivity index (χ1v) is 10.6. The van der Waals surface area contributed by atoms with Crippen molar-refractivity contribution in [1.29, 1.82) is 0 Å². The summed E-state index contributed by atoms with van der Waals surface area (Å²) in [6.45, 7) is 1.57. The maximum atomic E-state index is 13.2. The number of benzene rings is 1. The molecule has 29 heavy (non-hydrogen) atoms. The highest BCUT2D eigenvalue weighted by molar-refractivity contribution is 7.10. The summed E-state index contributed by atoms with van der Waals surface area (Å²) in [5.74, 6) is -1.39. The lowest BCUT2D eigenvalue weighted by Gasteiger charge is -2.18.